The van der Waals surface area contributed by atoms with E-state index in [9.17, 15) is 9.59 Å². The Labute approximate surface area is 183 Å². The largest absolute Gasteiger partial charge is 0.494 e. The highest BCUT2D eigenvalue weighted by Gasteiger charge is 2.22. The molecule has 0 unspecified atom stereocenters. The number of amides is 1. The van der Waals surface area contributed by atoms with Crippen molar-refractivity contribution >= 4 is 17.0 Å². The molecule has 0 fully saturated rings. The summed E-state index contributed by atoms with van der Waals surface area (Å²) in [7, 11) is 1.57. The molecule has 0 atom stereocenters. The van der Waals surface area contributed by atoms with Crippen LogP contribution in [-0.2, 0) is 13.6 Å². The number of nitrogens with zero attached hydrogens (tertiary/aromatic N) is 3. The Bertz CT molecular complexity index is 1320. The zero-order chi connectivity index (χ0) is 22.7. The Morgan fingerprint density at radius 3 is 2.66 bits per heavy atom. The number of pyridine rings is 1. The number of carbonyl (C=O) groups excluding carboxylic acids is 1. The molecular weight excluding hydrogens is 412 g/mol. The van der Waals surface area contributed by atoms with Crippen LogP contribution in [0, 0.1) is 6.92 Å². The lowest BCUT2D eigenvalue weighted by Crippen LogP contribution is -2.26. The monoisotopic (exact) mass is 434 g/mol. The maximum atomic E-state index is 12.8. The molecule has 0 bridgehead atoms. The van der Waals surface area contributed by atoms with Crippen LogP contribution < -0.4 is 20.3 Å². The minimum absolute atomic E-state index is 0.144. The third-order valence-electron chi connectivity index (χ3n) is 4.78. The van der Waals surface area contributed by atoms with E-state index in [1.165, 1.54) is 10.9 Å². The van der Waals surface area contributed by atoms with Crippen LogP contribution in [0.3, 0.4) is 0 Å². The summed E-state index contributed by atoms with van der Waals surface area (Å²) < 4.78 is 18.0. The van der Waals surface area contributed by atoms with Crippen molar-refractivity contribution in [2.24, 2.45) is 7.05 Å². The fraction of sp³-hybridized carbons (Fsp3) is 0.217. The van der Waals surface area contributed by atoms with Crippen molar-refractivity contribution in [3.63, 3.8) is 0 Å². The average molecular weight is 434 g/mol. The average Bonchev–Trinajstić information content (AvgIpc) is 3.13. The molecule has 32 heavy (non-hydrogen) atoms. The van der Waals surface area contributed by atoms with Crippen molar-refractivity contribution in [2.75, 3.05) is 6.61 Å². The summed E-state index contributed by atoms with van der Waals surface area (Å²) in [6, 6.07) is 10.7. The van der Waals surface area contributed by atoms with Crippen LogP contribution in [0.5, 0.6) is 17.4 Å². The van der Waals surface area contributed by atoms with Gasteiger partial charge in [0.2, 0.25) is 11.6 Å². The normalized spacial score (nSPS) is 10.8. The highest BCUT2D eigenvalue weighted by atomic mass is 16.5. The van der Waals surface area contributed by atoms with Gasteiger partial charge in [-0.25, -0.2) is 9.97 Å². The predicted octanol–water partition coefficient (Wildman–Crippen LogP) is 3.35. The number of aryl methyl sites for hydroxylation is 2. The number of ether oxygens (including phenoxy) is 2. The second-order valence-electron chi connectivity index (χ2n) is 7.07. The molecule has 0 saturated carbocycles. The fourth-order valence-electron chi connectivity index (χ4n) is 3.24. The van der Waals surface area contributed by atoms with Crippen LogP contribution in [0.4, 0.5) is 0 Å². The van der Waals surface area contributed by atoms with Gasteiger partial charge in [-0.3, -0.25) is 9.59 Å². The van der Waals surface area contributed by atoms with Gasteiger partial charge in [0, 0.05) is 25.9 Å². The Hall–Kier alpha value is -4.14. The van der Waals surface area contributed by atoms with E-state index in [1.54, 1.807) is 44.4 Å². The van der Waals surface area contributed by atoms with Crippen molar-refractivity contribution in [1.29, 1.82) is 0 Å². The lowest BCUT2D eigenvalue weighted by atomic mass is 10.1. The standard InChI is InChI=1S/C23H22N4O5/c1-4-30-16-5-7-17(8-6-16)32-18-11-15(9-10-24-18)12-25-21(28)19-14(2)31-22-20(19)23(29)27(3)13-26-22/h5-11,13H,4,12H2,1-3H3,(H,25,28). The minimum atomic E-state index is -0.419. The molecule has 9 nitrogen and oxygen atoms in total. The number of fused-ring (bicyclic) bond motifs is 1. The Balaban J connectivity index is 1.47. The third-order valence-corrected chi connectivity index (χ3v) is 4.78. The lowest BCUT2D eigenvalue weighted by Gasteiger charge is -2.09. The summed E-state index contributed by atoms with van der Waals surface area (Å²) in [5, 5.41) is 2.98. The quantitative estimate of drug-likeness (QED) is 0.475. The highest BCUT2D eigenvalue weighted by Crippen LogP contribution is 2.24. The van der Waals surface area contributed by atoms with Crippen molar-refractivity contribution in [2.45, 2.75) is 20.4 Å². The topological polar surface area (TPSA) is 108 Å². The van der Waals surface area contributed by atoms with Gasteiger partial charge in [0.1, 0.15) is 29.0 Å². The Morgan fingerprint density at radius 2 is 1.91 bits per heavy atom. The van der Waals surface area contributed by atoms with E-state index >= 15 is 0 Å². The first-order valence-electron chi connectivity index (χ1n) is 10.0. The summed E-state index contributed by atoms with van der Waals surface area (Å²) in [5.74, 6) is 1.69. The van der Waals surface area contributed by atoms with Crippen LogP contribution >= 0.6 is 0 Å². The van der Waals surface area contributed by atoms with E-state index < -0.39 is 5.91 Å². The zero-order valence-electron chi connectivity index (χ0n) is 17.9. The fourth-order valence-corrected chi connectivity index (χ4v) is 3.24. The number of aromatic nitrogens is 3. The number of furan rings is 1. The number of hydrogen-bond acceptors (Lipinski definition) is 7. The molecule has 3 heterocycles. The molecule has 164 valence electrons. The van der Waals surface area contributed by atoms with Crippen molar-refractivity contribution in [3.05, 3.63) is 76.2 Å². The molecule has 1 aromatic carbocycles. The molecule has 3 aromatic heterocycles. The van der Waals surface area contributed by atoms with Crippen LogP contribution in [0.25, 0.3) is 11.1 Å². The molecule has 0 aliphatic rings. The molecule has 1 amide bonds. The number of benzene rings is 1. The molecule has 4 rings (SSSR count). The molecule has 0 radical (unpaired) electrons. The SMILES string of the molecule is CCOc1ccc(Oc2cc(CNC(=O)c3c(C)oc4ncn(C)c(=O)c34)ccn2)cc1. The molecule has 9 heteroatoms. The molecule has 0 spiro atoms. The molecule has 0 aliphatic carbocycles. The van der Waals surface area contributed by atoms with Crippen LogP contribution in [0.1, 0.15) is 28.6 Å². The second-order valence-corrected chi connectivity index (χ2v) is 7.07. The van der Waals surface area contributed by atoms with E-state index in [1.807, 2.05) is 19.1 Å². The van der Waals surface area contributed by atoms with Crippen molar-refractivity contribution in [1.82, 2.24) is 19.9 Å². The van der Waals surface area contributed by atoms with Gasteiger partial charge in [0.05, 0.1) is 12.2 Å². The summed E-state index contributed by atoms with van der Waals surface area (Å²) in [5.41, 5.74) is 0.775. The van der Waals surface area contributed by atoms with Crippen LogP contribution in [0.2, 0.25) is 0 Å². The maximum Gasteiger partial charge on any atom is 0.265 e. The van der Waals surface area contributed by atoms with Crippen LogP contribution in [0.15, 0.2) is 58.1 Å². The Kier molecular flexibility index (Phi) is 5.89. The second kappa shape index (κ2) is 8.93. The van der Waals surface area contributed by atoms with E-state index in [2.05, 4.69) is 15.3 Å². The van der Waals surface area contributed by atoms with E-state index in [0.29, 0.717) is 24.0 Å². The minimum Gasteiger partial charge on any atom is -0.494 e. The third kappa shape index (κ3) is 4.31. The van der Waals surface area contributed by atoms with E-state index in [0.717, 1.165) is 11.3 Å². The van der Waals surface area contributed by atoms with Gasteiger partial charge in [0.25, 0.3) is 11.5 Å². The van der Waals surface area contributed by atoms with Gasteiger partial charge in [0.15, 0.2) is 0 Å². The summed E-state index contributed by atoms with van der Waals surface area (Å²) in [4.78, 5) is 33.6. The molecular formula is C23H22N4O5. The molecule has 4 aromatic rings. The van der Waals surface area contributed by atoms with E-state index in [4.69, 9.17) is 13.9 Å². The maximum absolute atomic E-state index is 12.8. The first-order chi connectivity index (χ1) is 15.5. The molecule has 0 saturated heterocycles. The number of nitrogens with one attached hydrogen (secondary N) is 1. The lowest BCUT2D eigenvalue weighted by molar-refractivity contribution is 0.0950. The smallest absolute Gasteiger partial charge is 0.265 e. The van der Waals surface area contributed by atoms with Gasteiger partial charge in [-0.2, -0.15) is 0 Å². The number of hydrogen-bond donors (Lipinski definition) is 1. The Morgan fingerprint density at radius 1 is 1.16 bits per heavy atom. The first kappa shape index (κ1) is 21.1. The van der Waals surface area contributed by atoms with Gasteiger partial charge in [-0.15, -0.1) is 0 Å². The predicted molar refractivity (Wildman–Crippen MR) is 117 cm³/mol. The number of carbonyl (C=O) groups is 1. The molecule has 0 aliphatic heterocycles. The summed E-state index contributed by atoms with van der Waals surface area (Å²) >= 11 is 0. The van der Waals surface area contributed by atoms with Crippen LogP contribution in [-0.4, -0.2) is 27.0 Å². The molecule has 1 N–H and O–H groups in total. The van der Waals surface area contributed by atoms with Gasteiger partial charge in [-0.05, 0) is 49.7 Å². The summed E-state index contributed by atoms with van der Waals surface area (Å²) in [6.07, 6.45) is 2.96. The summed E-state index contributed by atoms with van der Waals surface area (Å²) in [6.45, 7) is 4.36. The van der Waals surface area contributed by atoms with Gasteiger partial charge < -0.3 is 23.8 Å². The highest BCUT2D eigenvalue weighted by molar-refractivity contribution is 6.06. The van der Waals surface area contributed by atoms with Gasteiger partial charge in [-0.1, -0.05) is 0 Å². The number of rotatable bonds is 7. The van der Waals surface area contributed by atoms with E-state index in [-0.39, 0.29) is 28.8 Å². The van der Waals surface area contributed by atoms with Crippen molar-refractivity contribution < 1.29 is 18.7 Å². The first-order valence-corrected chi connectivity index (χ1v) is 10.0. The van der Waals surface area contributed by atoms with Gasteiger partial charge >= 0.3 is 0 Å². The zero-order valence-corrected chi connectivity index (χ0v) is 17.9. The van der Waals surface area contributed by atoms with Crippen molar-refractivity contribution in [3.8, 4) is 17.4 Å².